The van der Waals surface area contributed by atoms with E-state index in [1.165, 1.54) is 12.8 Å². The van der Waals surface area contributed by atoms with E-state index in [0.717, 1.165) is 6.23 Å². The second-order valence-electron chi connectivity index (χ2n) is 3.98. The van der Waals surface area contributed by atoms with Crippen molar-refractivity contribution in [3.8, 4) is 0 Å². The Kier molecular flexibility index (Phi) is 3.29. The second kappa shape index (κ2) is 4.05. The monoisotopic (exact) mass is 182 g/mol. The van der Waals surface area contributed by atoms with E-state index in [1.807, 2.05) is 0 Å². The summed E-state index contributed by atoms with van der Waals surface area (Å²) in [5.74, 6) is 0. The predicted octanol–water partition coefficient (Wildman–Crippen LogP) is 2.70. The van der Waals surface area contributed by atoms with Crippen LogP contribution in [-0.2, 0) is 4.74 Å². The predicted molar refractivity (Wildman–Crippen MR) is 55.8 cm³/mol. The summed E-state index contributed by atoms with van der Waals surface area (Å²) < 4.78 is 5.26. The van der Waals surface area contributed by atoms with Crippen molar-refractivity contribution in [1.82, 2.24) is 0 Å². The molecule has 0 bridgehead atoms. The molecule has 0 heterocycles. The normalized spacial score (nSPS) is 17.8. The maximum Gasteiger partial charge on any atom is 0.104 e. The standard InChI is InChI=1S/C10H18OSi/c1-11-9-12(2,3)10-7-5-4-6-8-10/h4-5,7H,6,8-9H2,1-3H3. The van der Waals surface area contributed by atoms with Gasteiger partial charge in [-0.2, -0.15) is 0 Å². The molecule has 0 aliphatic heterocycles. The highest BCUT2D eigenvalue weighted by Crippen LogP contribution is 2.23. The van der Waals surface area contributed by atoms with Crippen LogP contribution in [0.4, 0.5) is 0 Å². The zero-order chi connectivity index (χ0) is 9.03. The topological polar surface area (TPSA) is 9.23 Å². The summed E-state index contributed by atoms with van der Waals surface area (Å²) in [7, 11) is 0.585. The lowest BCUT2D eigenvalue weighted by atomic mass is 10.2. The molecule has 1 aliphatic rings. The largest absolute Gasteiger partial charge is 0.388 e. The molecule has 0 amide bonds. The van der Waals surface area contributed by atoms with E-state index in [4.69, 9.17) is 4.74 Å². The highest BCUT2D eigenvalue weighted by molar-refractivity contribution is 6.84. The Labute approximate surface area is 76.1 Å². The van der Waals surface area contributed by atoms with E-state index in [-0.39, 0.29) is 0 Å². The first-order chi connectivity index (χ1) is 5.67. The smallest absolute Gasteiger partial charge is 0.104 e. The molecule has 1 nitrogen and oxygen atoms in total. The highest BCUT2D eigenvalue weighted by atomic mass is 28.3. The van der Waals surface area contributed by atoms with Crippen LogP contribution < -0.4 is 0 Å². The Hall–Kier alpha value is -0.343. The van der Waals surface area contributed by atoms with Gasteiger partial charge in [0.2, 0.25) is 0 Å². The SMILES string of the molecule is COC[Si](C)(C)C1=CC=CCC1. The summed E-state index contributed by atoms with van der Waals surface area (Å²) in [6.45, 7) is 4.75. The number of rotatable bonds is 3. The van der Waals surface area contributed by atoms with Gasteiger partial charge in [0.05, 0.1) is 0 Å². The van der Waals surface area contributed by atoms with Gasteiger partial charge < -0.3 is 4.74 Å². The Morgan fingerprint density at radius 3 is 2.75 bits per heavy atom. The minimum atomic E-state index is -1.21. The Morgan fingerprint density at radius 2 is 2.25 bits per heavy atom. The van der Waals surface area contributed by atoms with Crippen molar-refractivity contribution in [3.05, 3.63) is 23.4 Å². The van der Waals surface area contributed by atoms with Crippen molar-refractivity contribution in [3.63, 3.8) is 0 Å². The molecule has 1 aliphatic carbocycles. The molecule has 12 heavy (non-hydrogen) atoms. The number of ether oxygens (including phenoxy) is 1. The van der Waals surface area contributed by atoms with Crippen LogP contribution in [0.2, 0.25) is 13.1 Å². The average molecular weight is 182 g/mol. The summed E-state index contributed by atoms with van der Waals surface area (Å²) in [6.07, 6.45) is 10.1. The molecular weight excluding hydrogens is 164 g/mol. The zero-order valence-electron chi connectivity index (χ0n) is 8.26. The molecule has 0 unspecified atom stereocenters. The molecule has 0 aromatic rings. The minimum absolute atomic E-state index is 0.951. The number of hydrogen-bond donors (Lipinski definition) is 0. The van der Waals surface area contributed by atoms with Crippen molar-refractivity contribution < 1.29 is 4.74 Å². The second-order valence-corrected chi connectivity index (χ2v) is 8.67. The maximum atomic E-state index is 5.26. The fourth-order valence-electron chi connectivity index (χ4n) is 1.62. The molecule has 2 heteroatoms. The van der Waals surface area contributed by atoms with Gasteiger partial charge in [-0.1, -0.05) is 36.5 Å². The Morgan fingerprint density at radius 1 is 1.50 bits per heavy atom. The summed E-state index contributed by atoms with van der Waals surface area (Å²) in [5.41, 5.74) is 0. The summed E-state index contributed by atoms with van der Waals surface area (Å²) in [6, 6.07) is 0. The first-order valence-corrected chi connectivity index (χ1v) is 7.72. The fourth-order valence-corrected chi connectivity index (χ4v) is 3.90. The average Bonchev–Trinajstić information content (AvgIpc) is 2.06. The van der Waals surface area contributed by atoms with Gasteiger partial charge in [0.25, 0.3) is 0 Å². The third-order valence-corrected chi connectivity index (χ3v) is 5.55. The molecule has 68 valence electrons. The molecule has 0 N–H and O–H groups in total. The molecule has 0 saturated heterocycles. The number of hydrogen-bond acceptors (Lipinski definition) is 1. The summed E-state index contributed by atoms with van der Waals surface area (Å²) in [5, 5.41) is 1.65. The van der Waals surface area contributed by atoms with Crippen LogP contribution in [-0.4, -0.2) is 21.4 Å². The third kappa shape index (κ3) is 2.32. The molecule has 0 spiro atoms. The van der Waals surface area contributed by atoms with E-state index in [2.05, 4.69) is 31.3 Å². The van der Waals surface area contributed by atoms with Gasteiger partial charge in [-0.15, -0.1) is 0 Å². The molecule has 0 atom stereocenters. The number of methoxy groups -OCH3 is 1. The lowest BCUT2D eigenvalue weighted by molar-refractivity contribution is 0.247. The van der Waals surface area contributed by atoms with Gasteiger partial charge in [-0.3, -0.25) is 0 Å². The third-order valence-electron chi connectivity index (χ3n) is 2.39. The van der Waals surface area contributed by atoms with E-state index >= 15 is 0 Å². The lowest BCUT2D eigenvalue weighted by Gasteiger charge is -2.25. The van der Waals surface area contributed by atoms with Crippen molar-refractivity contribution in [2.24, 2.45) is 0 Å². The van der Waals surface area contributed by atoms with Crippen LogP contribution in [0.25, 0.3) is 0 Å². The van der Waals surface area contributed by atoms with Gasteiger partial charge >= 0.3 is 0 Å². The van der Waals surface area contributed by atoms with Crippen molar-refractivity contribution in [1.29, 1.82) is 0 Å². The molecule has 0 aromatic carbocycles. The molecule has 0 radical (unpaired) electrons. The summed E-state index contributed by atoms with van der Waals surface area (Å²) in [4.78, 5) is 0. The van der Waals surface area contributed by atoms with E-state index < -0.39 is 8.07 Å². The first kappa shape index (κ1) is 9.74. The van der Waals surface area contributed by atoms with Crippen molar-refractivity contribution in [2.75, 3.05) is 13.3 Å². The van der Waals surface area contributed by atoms with Gasteiger partial charge in [-0.25, -0.2) is 0 Å². The quantitative estimate of drug-likeness (QED) is 0.610. The van der Waals surface area contributed by atoms with Gasteiger partial charge in [-0.05, 0) is 12.8 Å². The van der Waals surface area contributed by atoms with E-state index in [0.29, 0.717) is 0 Å². The van der Waals surface area contributed by atoms with E-state index in [1.54, 1.807) is 12.3 Å². The van der Waals surface area contributed by atoms with Crippen LogP contribution in [0, 0.1) is 0 Å². The highest BCUT2D eigenvalue weighted by Gasteiger charge is 2.25. The van der Waals surface area contributed by atoms with Crippen molar-refractivity contribution in [2.45, 2.75) is 25.9 Å². The Bertz CT molecular complexity index is 204. The molecule has 1 rings (SSSR count). The summed E-state index contributed by atoms with van der Waals surface area (Å²) >= 11 is 0. The van der Waals surface area contributed by atoms with Crippen LogP contribution in [0.15, 0.2) is 23.4 Å². The first-order valence-electron chi connectivity index (χ1n) is 4.52. The number of allylic oxidation sites excluding steroid dienone is 4. The van der Waals surface area contributed by atoms with Crippen LogP contribution in [0.1, 0.15) is 12.8 Å². The van der Waals surface area contributed by atoms with Crippen LogP contribution in [0.3, 0.4) is 0 Å². The van der Waals surface area contributed by atoms with Gasteiger partial charge in [0, 0.05) is 13.3 Å². The fraction of sp³-hybridized carbons (Fsp3) is 0.600. The maximum absolute atomic E-state index is 5.26. The van der Waals surface area contributed by atoms with E-state index in [9.17, 15) is 0 Å². The van der Waals surface area contributed by atoms with Crippen molar-refractivity contribution >= 4 is 8.07 Å². The molecule has 0 fully saturated rings. The Balaban J connectivity index is 2.66. The molecule has 0 aromatic heterocycles. The van der Waals surface area contributed by atoms with Crippen LogP contribution in [0.5, 0.6) is 0 Å². The molecular formula is C10H18OSi. The minimum Gasteiger partial charge on any atom is -0.388 e. The van der Waals surface area contributed by atoms with Crippen LogP contribution >= 0.6 is 0 Å². The lowest BCUT2D eigenvalue weighted by Crippen LogP contribution is -2.35. The zero-order valence-corrected chi connectivity index (χ0v) is 9.26. The van der Waals surface area contributed by atoms with Gasteiger partial charge in [0.15, 0.2) is 0 Å². The van der Waals surface area contributed by atoms with Gasteiger partial charge in [0.1, 0.15) is 8.07 Å². The molecule has 0 saturated carbocycles.